The molecule has 1 atom stereocenters. The summed E-state index contributed by atoms with van der Waals surface area (Å²) in [5, 5.41) is 7.17. The molecule has 11 heteroatoms. The number of aromatic amines is 1. The Hall–Kier alpha value is -2.98. The Morgan fingerprint density at radius 2 is 2.25 bits per heavy atom. The van der Waals surface area contributed by atoms with E-state index >= 15 is 0 Å². The number of H-pyrrole nitrogens is 1. The highest BCUT2D eigenvalue weighted by molar-refractivity contribution is 6.31. The number of fused-ring (bicyclic) bond motifs is 1. The van der Waals surface area contributed by atoms with Crippen LogP contribution in [-0.2, 0) is 4.74 Å². The van der Waals surface area contributed by atoms with Gasteiger partial charge in [0, 0.05) is 50.1 Å². The number of ether oxygens (including phenoxy) is 1. The molecule has 0 saturated carbocycles. The van der Waals surface area contributed by atoms with Crippen LogP contribution in [0.25, 0.3) is 22.4 Å². The van der Waals surface area contributed by atoms with E-state index in [2.05, 4.69) is 30.6 Å². The number of nitrogens with zero attached hydrogens (tertiary/aromatic N) is 4. The van der Waals surface area contributed by atoms with Crippen molar-refractivity contribution in [3.8, 4) is 11.4 Å². The van der Waals surface area contributed by atoms with Gasteiger partial charge >= 0.3 is 6.03 Å². The molecule has 32 heavy (non-hydrogen) atoms. The quantitative estimate of drug-likeness (QED) is 0.465. The topological polar surface area (TPSA) is 108 Å². The SMILES string of the molecule is COCCNC(=O)N1CCCC[C@@H]1CNc1nc(-c2c[nH]c3ncc(Cl)cc23)ncc1F. The van der Waals surface area contributed by atoms with E-state index in [1.54, 1.807) is 30.5 Å². The van der Waals surface area contributed by atoms with Gasteiger partial charge in [-0.3, -0.25) is 0 Å². The Bertz CT molecular complexity index is 1090. The van der Waals surface area contributed by atoms with Gasteiger partial charge in [0.25, 0.3) is 0 Å². The number of rotatable bonds is 7. The van der Waals surface area contributed by atoms with Gasteiger partial charge in [-0.05, 0) is 25.3 Å². The minimum absolute atomic E-state index is 0.0693. The molecule has 9 nitrogen and oxygen atoms in total. The van der Waals surface area contributed by atoms with Crippen LogP contribution in [0.3, 0.4) is 0 Å². The van der Waals surface area contributed by atoms with Gasteiger partial charge in [0.1, 0.15) is 5.65 Å². The lowest BCUT2D eigenvalue weighted by molar-refractivity contribution is 0.149. The van der Waals surface area contributed by atoms with Gasteiger partial charge in [-0.25, -0.2) is 24.1 Å². The first-order chi connectivity index (χ1) is 15.6. The summed E-state index contributed by atoms with van der Waals surface area (Å²) in [5.74, 6) is -0.122. The maximum absolute atomic E-state index is 14.5. The van der Waals surface area contributed by atoms with Crippen molar-refractivity contribution in [3.05, 3.63) is 35.5 Å². The number of aromatic nitrogens is 4. The lowest BCUT2D eigenvalue weighted by Crippen LogP contribution is -2.51. The van der Waals surface area contributed by atoms with Crippen LogP contribution in [0.4, 0.5) is 15.0 Å². The van der Waals surface area contributed by atoms with Gasteiger partial charge in [0.05, 0.1) is 23.9 Å². The predicted molar refractivity (Wildman–Crippen MR) is 120 cm³/mol. The molecule has 0 radical (unpaired) electrons. The van der Waals surface area contributed by atoms with Crippen LogP contribution in [0.5, 0.6) is 0 Å². The first kappa shape index (κ1) is 22.2. The van der Waals surface area contributed by atoms with E-state index in [-0.39, 0.29) is 17.9 Å². The third-order valence-electron chi connectivity index (χ3n) is 5.46. The second kappa shape index (κ2) is 10.1. The second-order valence-corrected chi connectivity index (χ2v) is 8.03. The van der Waals surface area contributed by atoms with Gasteiger partial charge in [-0.2, -0.15) is 0 Å². The molecule has 0 bridgehead atoms. The highest BCUT2D eigenvalue weighted by Gasteiger charge is 2.27. The number of pyridine rings is 1. The molecule has 170 valence electrons. The highest BCUT2D eigenvalue weighted by Crippen LogP contribution is 2.28. The molecule has 3 aromatic rings. The van der Waals surface area contributed by atoms with Crippen LogP contribution in [0.1, 0.15) is 19.3 Å². The van der Waals surface area contributed by atoms with Crippen molar-refractivity contribution >= 4 is 34.5 Å². The maximum Gasteiger partial charge on any atom is 0.317 e. The molecule has 1 aliphatic heterocycles. The Morgan fingerprint density at radius 3 is 3.09 bits per heavy atom. The minimum Gasteiger partial charge on any atom is -0.383 e. The predicted octanol–water partition coefficient (Wildman–Crippen LogP) is 3.43. The standard InChI is InChI=1S/C21H25ClFN7O2/c1-32-7-5-24-21(31)30-6-3-2-4-14(30)10-26-20-17(23)12-28-19(29-20)16-11-27-18-15(16)8-13(22)9-25-18/h8-9,11-12,14H,2-7,10H2,1H3,(H,24,31)(H,25,27)(H,26,28,29)/t14-/m1/s1. The molecule has 1 saturated heterocycles. The number of halogens is 2. The monoisotopic (exact) mass is 461 g/mol. The van der Waals surface area contributed by atoms with Gasteiger partial charge in [-0.1, -0.05) is 11.6 Å². The summed E-state index contributed by atoms with van der Waals surface area (Å²) in [6, 6.07) is 1.55. The normalized spacial score (nSPS) is 16.3. The zero-order valence-electron chi connectivity index (χ0n) is 17.7. The summed E-state index contributed by atoms with van der Waals surface area (Å²) in [5.41, 5.74) is 1.32. The molecule has 1 aliphatic rings. The smallest absolute Gasteiger partial charge is 0.317 e. The number of urea groups is 1. The minimum atomic E-state index is -0.559. The molecular weight excluding hydrogens is 437 g/mol. The van der Waals surface area contributed by atoms with Crippen molar-refractivity contribution < 1.29 is 13.9 Å². The Balaban J connectivity index is 1.49. The summed E-state index contributed by atoms with van der Waals surface area (Å²) in [7, 11) is 1.59. The summed E-state index contributed by atoms with van der Waals surface area (Å²) < 4.78 is 19.5. The van der Waals surface area contributed by atoms with Crippen molar-refractivity contribution in [2.75, 3.05) is 38.7 Å². The van der Waals surface area contributed by atoms with E-state index in [0.29, 0.717) is 48.3 Å². The molecule has 0 aromatic carbocycles. The van der Waals surface area contributed by atoms with Crippen molar-refractivity contribution in [2.24, 2.45) is 0 Å². The zero-order chi connectivity index (χ0) is 22.5. The number of likely N-dealkylation sites (tertiary alicyclic amines) is 1. The molecule has 2 amide bonds. The fraction of sp³-hybridized carbons (Fsp3) is 0.429. The van der Waals surface area contributed by atoms with Gasteiger partial charge in [0.2, 0.25) is 0 Å². The lowest BCUT2D eigenvalue weighted by atomic mass is 10.0. The third-order valence-corrected chi connectivity index (χ3v) is 5.66. The number of carbonyl (C=O) groups excluding carboxylic acids is 1. The van der Waals surface area contributed by atoms with Gasteiger partial charge in [-0.15, -0.1) is 0 Å². The van der Waals surface area contributed by atoms with E-state index in [4.69, 9.17) is 16.3 Å². The average molecular weight is 462 g/mol. The van der Waals surface area contributed by atoms with Crippen molar-refractivity contribution in [1.29, 1.82) is 0 Å². The number of hydrogen-bond acceptors (Lipinski definition) is 6. The number of methoxy groups -OCH3 is 1. The summed E-state index contributed by atoms with van der Waals surface area (Å²) in [4.78, 5) is 30.1. The van der Waals surface area contributed by atoms with Crippen molar-refractivity contribution in [1.82, 2.24) is 30.2 Å². The van der Waals surface area contributed by atoms with E-state index in [9.17, 15) is 9.18 Å². The zero-order valence-corrected chi connectivity index (χ0v) is 18.5. The average Bonchev–Trinajstić information content (AvgIpc) is 3.22. The van der Waals surface area contributed by atoms with Gasteiger partial charge in [0.15, 0.2) is 17.5 Å². The molecule has 3 aromatic heterocycles. The maximum atomic E-state index is 14.5. The fourth-order valence-electron chi connectivity index (χ4n) is 3.84. The molecule has 0 spiro atoms. The Kier molecular flexibility index (Phi) is 7.01. The molecule has 4 heterocycles. The van der Waals surface area contributed by atoms with Crippen LogP contribution in [0.15, 0.2) is 24.7 Å². The largest absolute Gasteiger partial charge is 0.383 e. The first-order valence-electron chi connectivity index (χ1n) is 10.5. The van der Waals surface area contributed by atoms with Crippen molar-refractivity contribution in [3.63, 3.8) is 0 Å². The van der Waals surface area contributed by atoms with Crippen LogP contribution < -0.4 is 10.6 Å². The number of carbonyl (C=O) groups is 1. The summed E-state index contributed by atoms with van der Waals surface area (Å²) >= 11 is 6.07. The third kappa shape index (κ3) is 4.91. The summed E-state index contributed by atoms with van der Waals surface area (Å²) in [6.07, 6.45) is 7.18. The Labute approximate surface area is 189 Å². The second-order valence-electron chi connectivity index (χ2n) is 7.59. The first-order valence-corrected chi connectivity index (χ1v) is 10.9. The van der Waals surface area contributed by atoms with Gasteiger partial charge < -0.3 is 25.3 Å². The van der Waals surface area contributed by atoms with E-state index in [0.717, 1.165) is 30.8 Å². The molecular formula is C21H25ClFN7O2. The van der Waals surface area contributed by atoms with E-state index in [1.165, 1.54) is 0 Å². The number of anilines is 1. The highest BCUT2D eigenvalue weighted by atomic mass is 35.5. The summed E-state index contributed by atoms with van der Waals surface area (Å²) in [6.45, 7) is 1.93. The number of nitrogens with one attached hydrogen (secondary N) is 3. The van der Waals surface area contributed by atoms with E-state index in [1.807, 2.05) is 0 Å². The molecule has 3 N–H and O–H groups in total. The molecule has 4 rings (SSSR count). The molecule has 1 fully saturated rings. The lowest BCUT2D eigenvalue weighted by Gasteiger charge is -2.36. The number of amides is 2. The Morgan fingerprint density at radius 1 is 1.38 bits per heavy atom. The molecule has 0 aliphatic carbocycles. The number of hydrogen-bond donors (Lipinski definition) is 3. The van der Waals surface area contributed by atoms with Crippen LogP contribution in [-0.4, -0.2) is 70.3 Å². The number of piperidine rings is 1. The van der Waals surface area contributed by atoms with Crippen LogP contribution in [0, 0.1) is 5.82 Å². The van der Waals surface area contributed by atoms with E-state index < -0.39 is 5.82 Å². The molecule has 0 unspecified atom stereocenters. The van der Waals surface area contributed by atoms with Crippen LogP contribution >= 0.6 is 11.6 Å². The van der Waals surface area contributed by atoms with Crippen LogP contribution in [0.2, 0.25) is 5.02 Å². The van der Waals surface area contributed by atoms with Crippen molar-refractivity contribution in [2.45, 2.75) is 25.3 Å². The fourth-order valence-corrected chi connectivity index (χ4v) is 4.00.